The van der Waals surface area contributed by atoms with Crippen LogP contribution in [0.2, 0.25) is 0 Å². The van der Waals surface area contributed by atoms with Crippen LogP contribution in [-0.2, 0) is 14.3 Å². The first-order valence-corrected chi connectivity index (χ1v) is 7.70. The molecule has 5 heteroatoms. The lowest BCUT2D eigenvalue weighted by atomic mass is 9.78. The van der Waals surface area contributed by atoms with Crippen LogP contribution in [0.4, 0.5) is 0 Å². The van der Waals surface area contributed by atoms with E-state index < -0.39 is 11.9 Å². The third-order valence-corrected chi connectivity index (χ3v) is 4.76. The fourth-order valence-electron chi connectivity index (χ4n) is 3.41. The molecule has 1 aliphatic heterocycles. The molecule has 0 aromatic heterocycles. The summed E-state index contributed by atoms with van der Waals surface area (Å²) in [5.41, 5.74) is 0. The van der Waals surface area contributed by atoms with E-state index in [4.69, 9.17) is 4.74 Å². The number of nitrogens with one attached hydrogen (secondary N) is 1. The van der Waals surface area contributed by atoms with Crippen molar-refractivity contribution >= 4 is 11.9 Å². The Morgan fingerprint density at radius 1 is 1.10 bits per heavy atom. The van der Waals surface area contributed by atoms with Crippen molar-refractivity contribution in [2.75, 3.05) is 13.2 Å². The van der Waals surface area contributed by atoms with Crippen LogP contribution in [0.25, 0.3) is 0 Å². The summed E-state index contributed by atoms with van der Waals surface area (Å²) >= 11 is 0. The molecule has 0 radical (unpaired) electrons. The smallest absolute Gasteiger partial charge is 0.307 e. The maximum Gasteiger partial charge on any atom is 0.307 e. The number of ether oxygens (including phenoxy) is 1. The van der Waals surface area contributed by atoms with Gasteiger partial charge in [-0.15, -0.1) is 0 Å². The molecule has 1 heterocycles. The predicted octanol–water partition coefficient (Wildman–Crippen LogP) is 1.81. The van der Waals surface area contributed by atoms with Gasteiger partial charge in [0.15, 0.2) is 0 Å². The van der Waals surface area contributed by atoms with E-state index in [0.29, 0.717) is 18.8 Å². The molecule has 2 aliphatic rings. The number of carboxylic acid groups (broad SMARTS) is 1. The van der Waals surface area contributed by atoms with Crippen LogP contribution in [0.1, 0.15) is 45.4 Å². The summed E-state index contributed by atoms with van der Waals surface area (Å²) < 4.78 is 5.33. The summed E-state index contributed by atoms with van der Waals surface area (Å²) in [6.07, 6.45) is 5.12. The van der Waals surface area contributed by atoms with Crippen LogP contribution in [0, 0.1) is 17.8 Å². The largest absolute Gasteiger partial charge is 0.481 e. The molecule has 1 saturated carbocycles. The topological polar surface area (TPSA) is 75.6 Å². The zero-order chi connectivity index (χ0) is 14.5. The van der Waals surface area contributed by atoms with Crippen molar-refractivity contribution in [3.05, 3.63) is 0 Å². The molecule has 3 atom stereocenters. The van der Waals surface area contributed by atoms with E-state index in [1.165, 1.54) is 0 Å². The standard InChI is InChI=1S/C15H25NO4/c1-10(11-6-8-20-9-7-11)16-14(17)12-4-2-3-5-13(12)15(18)19/h10-13H,2-9H2,1H3,(H,16,17)(H,18,19). The maximum atomic E-state index is 12.4. The minimum atomic E-state index is -0.830. The van der Waals surface area contributed by atoms with Crippen LogP contribution in [0.15, 0.2) is 0 Å². The third-order valence-electron chi connectivity index (χ3n) is 4.76. The van der Waals surface area contributed by atoms with E-state index >= 15 is 0 Å². The summed E-state index contributed by atoms with van der Waals surface area (Å²) in [5, 5.41) is 12.3. The van der Waals surface area contributed by atoms with Crippen LogP contribution >= 0.6 is 0 Å². The molecule has 2 fully saturated rings. The number of rotatable bonds is 4. The van der Waals surface area contributed by atoms with Crippen molar-refractivity contribution in [1.29, 1.82) is 0 Å². The highest BCUT2D eigenvalue weighted by Crippen LogP contribution is 2.31. The molecule has 2 N–H and O–H groups in total. The van der Waals surface area contributed by atoms with Gasteiger partial charge in [-0.05, 0) is 38.5 Å². The first-order chi connectivity index (χ1) is 9.59. The van der Waals surface area contributed by atoms with Crippen molar-refractivity contribution in [2.45, 2.75) is 51.5 Å². The zero-order valence-corrected chi connectivity index (χ0v) is 12.1. The first kappa shape index (κ1) is 15.3. The lowest BCUT2D eigenvalue weighted by Gasteiger charge is -2.32. The van der Waals surface area contributed by atoms with E-state index in [1.807, 2.05) is 6.92 Å². The van der Waals surface area contributed by atoms with Crippen molar-refractivity contribution in [2.24, 2.45) is 17.8 Å². The van der Waals surface area contributed by atoms with Gasteiger partial charge in [-0.1, -0.05) is 12.8 Å². The molecular formula is C15H25NO4. The summed E-state index contributed by atoms with van der Waals surface area (Å²) in [5.74, 6) is -1.33. The second-order valence-electron chi connectivity index (χ2n) is 6.08. The first-order valence-electron chi connectivity index (χ1n) is 7.70. The number of carbonyl (C=O) groups is 2. The summed E-state index contributed by atoms with van der Waals surface area (Å²) in [4.78, 5) is 23.6. The van der Waals surface area contributed by atoms with Gasteiger partial charge in [-0.2, -0.15) is 0 Å². The Kier molecular flexibility index (Phi) is 5.40. The van der Waals surface area contributed by atoms with Crippen molar-refractivity contribution in [3.63, 3.8) is 0 Å². The molecular weight excluding hydrogens is 258 g/mol. The molecule has 0 aromatic rings. The number of carbonyl (C=O) groups excluding carboxylic acids is 1. The zero-order valence-electron chi connectivity index (χ0n) is 12.1. The number of amides is 1. The number of aliphatic carboxylic acids is 1. The van der Waals surface area contributed by atoms with Crippen molar-refractivity contribution in [3.8, 4) is 0 Å². The molecule has 1 amide bonds. The second-order valence-corrected chi connectivity index (χ2v) is 6.08. The Morgan fingerprint density at radius 3 is 2.30 bits per heavy atom. The summed E-state index contributed by atoms with van der Waals surface area (Å²) in [6.45, 7) is 3.53. The molecule has 1 saturated heterocycles. The van der Waals surface area contributed by atoms with E-state index in [9.17, 15) is 14.7 Å². The molecule has 2 rings (SSSR count). The fourth-order valence-corrected chi connectivity index (χ4v) is 3.41. The van der Waals surface area contributed by atoms with E-state index in [0.717, 1.165) is 38.9 Å². The number of carboxylic acids is 1. The van der Waals surface area contributed by atoms with Gasteiger partial charge >= 0.3 is 5.97 Å². The van der Waals surface area contributed by atoms with Gasteiger partial charge in [0, 0.05) is 19.3 Å². The molecule has 0 bridgehead atoms. The fraction of sp³-hybridized carbons (Fsp3) is 0.867. The maximum absolute atomic E-state index is 12.4. The Morgan fingerprint density at radius 2 is 1.70 bits per heavy atom. The van der Waals surface area contributed by atoms with Crippen LogP contribution in [-0.4, -0.2) is 36.2 Å². The molecule has 1 aliphatic carbocycles. The van der Waals surface area contributed by atoms with Gasteiger partial charge in [0.1, 0.15) is 0 Å². The summed E-state index contributed by atoms with van der Waals surface area (Å²) in [6, 6.07) is 0.0998. The lowest BCUT2D eigenvalue weighted by molar-refractivity contribution is -0.149. The van der Waals surface area contributed by atoms with Crippen LogP contribution < -0.4 is 5.32 Å². The molecule has 114 valence electrons. The highest BCUT2D eigenvalue weighted by molar-refractivity contribution is 5.85. The Bertz CT molecular complexity index is 352. The van der Waals surface area contributed by atoms with Crippen LogP contribution in [0.3, 0.4) is 0 Å². The third kappa shape index (κ3) is 3.72. The molecule has 0 spiro atoms. The molecule has 0 aromatic carbocycles. The highest BCUT2D eigenvalue weighted by atomic mass is 16.5. The van der Waals surface area contributed by atoms with E-state index in [1.54, 1.807) is 0 Å². The van der Waals surface area contributed by atoms with Gasteiger partial charge in [0.2, 0.25) is 5.91 Å². The van der Waals surface area contributed by atoms with Crippen LogP contribution in [0.5, 0.6) is 0 Å². The Labute approximate surface area is 120 Å². The minimum absolute atomic E-state index is 0.0731. The average Bonchev–Trinajstić information content (AvgIpc) is 2.48. The quantitative estimate of drug-likeness (QED) is 0.825. The minimum Gasteiger partial charge on any atom is -0.481 e. The van der Waals surface area contributed by atoms with E-state index in [2.05, 4.69) is 5.32 Å². The van der Waals surface area contributed by atoms with Crippen molar-refractivity contribution < 1.29 is 19.4 Å². The normalized spacial score (nSPS) is 29.6. The lowest BCUT2D eigenvalue weighted by Crippen LogP contribution is -2.46. The van der Waals surface area contributed by atoms with Gasteiger partial charge in [-0.3, -0.25) is 9.59 Å². The van der Waals surface area contributed by atoms with Gasteiger partial charge in [0.25, 0.3) is 0 Å². The monoisotopic (exact) mass is 283 g/mol. The number of hydrogen-bond acceptors (Lipinski definition) is 3. The molecule has 5 nitrogen and oxygen atoms in total. The van der Waals surface area contributed by atoms with Crippen molar-refractivity contribution in [1.82, 2.24) is 5.32 Å². The Hall–Kier alpha value is -1.10. The SMILES string of the molecule is CC(NC(=O)C1CCCCC1C(=O)O)C1CCOCC1. The average molecular weight is 283 g/mol. The number of hydrogen-bond donors (Lipinski definition) is 2. The molecule has 3 unspecified atom stereocenters. The summed E-state index contributed by atoms with van der Waals surface area (Å²) in [7, 11) is 0. The van der Waals surface area contributed by atoms with Gasteiger partial charge < -0.3 is 15.2 Å². The Balaban J connectivity index is 1.90. The second kappa shape index (κ2) is 7.07. The highest BCUT2D eigenvalue weighted by Gasteiger charge is 2.36. The predicted molar refractivity (Wildman–Crippen MR) is 74.2 cm³/mol. The van der Waals surface area contributed by atoms with Gasteiger partial charge in [0.05, 0.1) is 11.8 Å². The molecule has 20 heavy (non-hydrogen) atoms. The van der Waals surface area contributed by atoms with E-state index in [-0.39, 0.29) is 17.9 Å². The van der Waals surface area contributed by atoms with Gasteiger partial charge in [-0.25, -0.2) is 0 Å².